The van der Waals surface area contributed by atoms with E-state index < -0.39 is 37.3 Å². The fourth-order valence-corrected chi connectivity index (χ4v) is 3.63. The Morgan fingerprint density at radius 2 is 1.87 bits per heavy atom. The summed E-state index contributed by atoms with van der Waals surface area (Å²) in [6, 6.07) is 2.36. The summed E-state index contributed by atoms with van der Waals surface area (Å²) in [6.07, 6.45) is 0.690. The van der Waals surface area contributed by atoms with Crippen LogP contribution in [0, 0.1) is 0 Å². The van der Waals surface area contributed by atoms with Crippen LogP contribution in [0.25, 0.3) is 0 Å². The minimum Gasteiger partial charge on any atom is -0.447 e. The lowest BCUT2D eigenvalue weighted by Gasteiger charge is -2.11. The largest absolute Gasteiger partial charge is 0.447 e. The van der Waals surface area contributed by atoms with Gasteiger partial charge >= 0.3 is 0 Å². The van der Waals surface area contributed by atoms with Crippen LogP contribution < -0.4 is 5.32 Å². The molecule has 0 spiro atoms. The maximum atomic E-state index is 12.0. The number of carbonyl (C=O) groups is 1. The van der Waals surface area contributed by atoms with E-state index >= 15 is 0 Å². The first-order valence-corrected chi connectivity index (χ1v) is 10.2. The van der Waals surface area contributed by atoms with Gasteiger partial charge in [0.25, 0.3) is 10.0 Å². The van der Waals surface area contributed by atoms with E-state index in [0.717, 1.165) is 4.31 Å². The highest BCUT2D eigenvalue weighted by Crippen LogP contribution is 2.18. The molecule has 0 aliphatic carbocycles. The molecule has 0 aliphatic heterocycles. The van der Waals surface area contributed by atoms with Gasteiger partial charge in [0.1, 0.15) is 17.3 Å². The van der Waals surface area contributed by atoms with Gasteiger partial charge < -0.3 is 9.73 Å². The summed E-state index contributed by atoms with van der Waals surface area (Å²) in [5.74, 6) is -1.83. The average molecular weight is 366 g/mol. The molecule has 0 unspecified atom stereocenters. The molecule has 1 heterocycles. The minimum absolute atomic E-state index is 0.0261. The van der Waals surface area contributed by atoms with E-state index in [9.17, 15) is 21.6 Å². The van der Waals surface area contributed by atoms with Gasteiger partial charge in [-0.1, -0.05) is 6.92 Å². The van der Waals surface area contributed by atoms with Crippen LogP contribution in [0.1, 0.15) is 26.0 Å². The Labute approximate surface area is 136 Å². The molecule has 23 heavy (non-hydrogen) atoms. The summed E-state index contributed by atoms with van der Waals surface area (Å²) in [5.41, 5.74) is 0. The number of nitrogens with one attached hydrogen (secondary N) is 1. The molecule has 1 atom stereocenters. The molecule has 0 radical (unpaired) electrons. The van der Waals surface area contributed by atoms with E-state index in [1.165, 1.54) is 26.2 Å². The number of furan rings is 1. The zero-order valence-corrected chi connectivity index (χ0v) is 15.2. The van der Waals surface area contributed by atoms with Crippen molar-refractivity contribution in [2.24, 2.45) is 0 Å². The van der Waals surface area contributed by atoms with Crippen molar-refractivity contribution < 1.29 is 26.0 Å². The first-order chi connectivity index (χ1) is 10.5. The van der Waals surface area contributed by atoms with Crippen LogP contribution in [0.4, 0.5) is 0 Å². The number of nitrogens with zero attached hydrogens (tertiary/aromatic N) is 1. The third kappa shape index (κ3) is 5.63. The first kappa shape index (κ1) is 19.7. The molecule has 0 aromatic carbocycles. The number of rotatable bonds is 8. The van der Waals surface area contributed by atoms with Gasteiger partial charge in [-0.05, 0) is 25.5 Å². The molecule has 0 saturated heterocycles. The molecule has 0 fully saturated rings. The Balaban J connectivity index is 2.80. The zero-order chi connectivity index (χ0) is 17.8. The summed E-state index contributed by atoms with van der Waals surface area (Å²) in [4.78, 5) is 11.6. The highest BCUT2D eigenvalue weighted by Gasteiger charge is 2.24. The van der Waals surface area contributed by atoms with E-state index in [1.807, 2.05) is 6.92 Å². The van der Waals surface area contributed by atoms with Crippen molar-refractivity contribution in [3.63, 3.8) is 0 Å². The number of sulfonamides is 1. The number of sulfone groups is 1. The first-order valence-electron chi connectivity index (χ1n) is 6.99. The maximum absolute atomic E-state index is 12.0. The van der Waals surface area contributed by atoms with Crippen molar-refractivity contribution in [1.82, 2.24) is 9.62 Å². The van der Waals surface area contributed by atoms with Crippen LogP contribution in [0.2, 0.25) is 0 Å². The summed E-state index contributed by atoms with van der Waals surface area (Å²) in [5, 5.41) is 2.23. The summed E-state index contributed by atoms with van der Waals surface area (Å²) >= 11 is 0. The lowest BCUT2D eigenvalue weighted by atomic mass is 10.3. The molecule has 1 rings (SSSR count). The molecule has 8 nitrogen and oxygen atoms in total. The van der Waals surface area contributed by atoms with E-state index in [0.29, 0.717) is 6.42 Å². The van der Waals surface area contributed by atoms with Crippen molar-refractivity contribution in [2.45, 2.75) is 37.2 Å². The monoisotopic (exact) mass is 366 g/mol. The maximum Gasteiger partial charge on any atom is 0.275 e. The van der Waals surface area contributed by atoms with Crippen LogP contribution in [-0.2, 0) is 30.4 Å². The quantitative estimate of drug-likeness (QED) is 0.710. The number of hydrogen-bond acceptors (Lipinski definition) is 6. The van der Waals surface area contributed by atoms with Crippen LogP contribution in [0.15, 0.2) is 21.6 Å². The van der Waals surface area contributed by atoms with Crippen LogP contribution in [0.3, 0.4) is 0 Å². The van der Waals surface area contributed by atoms with Crippen LogP contribution >= 0.6 is 0 Å². The topological polar surface area (TPSA) is 114 Å². The molecular weight excluding hydrogens is 344 g/mol. The third-order valence-electron chi connectivity index (χ3n) is 3.10. The molecule has 1 amide bonds. The standard InChI is InChI=1S/C13H22N2O6S2/c1-5-10(2)14-12(16)9-22(17,18)8-11-6-7-13(21-11)23(19,20)15(3)4/h6-7,10H,5,8-9H2,1-4H3,(H,14,16)/t10-/m1/s1. The number of amides is 1. The lowest BCUT2D eigenvalue weighted by Crippen LogP contribution is -2.36. The Bertz CT molecular complexity index is 749. The molecule has 1 aromatic heterocycles. The Morgan fingerprint density at radius 3 is 2.39 bits per heavy atom. The van der Waals surface area contributed by atoms with E-state index in [-0.39, 0.29) is 16.9 Å². The number of carbonyl (C=O) groups excluding carboxylic acids is 1. The lowest BCUT2D eigenvalue weighted by molar-refractivity contribution is -0.119. The predicted octanol–water partition coefficient (Wildman–Crippen LogP) is 0.359. The fraction of sp³-hybridized carbons (Fsp3) is 0.615. The molecule has 0 bridgehead atoms. The van der Waals surface area contributed by atoms with Crippen molar-refractivity contribution in [2.75, 3.05) is 19.8 Å². The highest BCUT2D eigenvalue weighted by atomic mass is 32.2. The van der Waals surface area contributed by atoms with Gasteiger partial charge in [-0.3, -0.25) is 4.79 Å². The summed E-state index contributed by atoms with van der Waals surface area (Å²) < 4.78 is 53.8. The van der Waals surface area contributed by atoms with E-state index in [1.54, 1.807) is 6.92 Å². The van der Waals surface area contributed by atoms with Crippen molar-refractivity contribution in [3.05, 3.63) is 17.9 Å². The van der Waals surface area contributed by atoms with Crippen molar-refractivity contribution >= 4 is 25.8 Å². The molecule has 0 saturated carbocycles. The van der Waals surface area contributed by atoms with E-state index in [4.69, 9.17) is 4.42 Å². The second kappa shape index (κ2) is 7.45. The third-order valence-corrected chi connectivity index (χ3v) is 6.22. The predicted molar refractivity (Wildman–Crippen MR) is 85.0 cm³/mol. The second-order valence-electron chi connectivity index (χ2n) is 5.42. The summed E-state index contributed by atoms with van der Waals surface area (Å²) in [7, 11) is -4.83. The van der Waals surface area contributed by atoms with Gasteiger partial charge in [0, 0.05) is 20.1 Å². The molecule has 132 valence electrons. The van der Waals surface area contributed by atoms with Gasteiger partial charge in [-0.15, -0.1) is 0 Å². The Kier molecular flexibility index (Phi) is 6.37. The highest BCUT2D eigenvalue weighted by molar-refractivity contribution is 7.91. The smallest absolute Gasteiger partial charge is 0.275 e. The van der Waals surface area contributed by atoms with Gasteiger partial charge in [0.05, 0.1) is 0 Å². The Morgan fingerprint density at radius 1 is 1.26 bits per heavy atom. The van der Waals surface area contributed by atoms with Crippen molar-refractivity contribution in [1.29, 1.82) is 0 Å². The van der Waals surface area contributed by atoms with Gasteiger partial charge in [0.15, 0.2) is 9.84 Å². The van der Waals surface area contributed by atoms with Gasteiger partial charge in [-0.25, -0.2) is 21.1 Å². The normalized spacial score (nSPS) is 14.0. The fourth-order valence-electron chi connectivity index (χ4n) is 1.64. The molecule has 10 heteroatoms. The zero-order valence-electron chi connectivity index (χ0n) is 13.6. The van der Waals surface area contributed by atoms with Crippen LogP contribution in [-0.4, -0.2) is 52.9 Å². The SMILES string of the molecule is CC[C@@H](C)NC(=O)CS(=O)(=O)Cc1ccc(S(=O)(=O)N(C)C)o1. The minimum atomic E-state index is -3.76. The van der Waals surface area contributed by atoms with Crippen LogP contribution in [0.5, 0.6) is 0 Å². The molecular formula is C13H22N2O6S2. The second-order valence-corrected chi connectivity index (χ2v) is 9.56. The molecule has 1 aromatic rings. The summed E-state index contributed by atoms with van der Waals surface area (Å²) in [6.45, 7) is 3.64. The molecule has 0 aliphatic rings. The Hall–Kier alpha value is -1.39. The van der Waals surface area contributed by atoms with Crippen molar-refractivity contribution in [3.8, 4) is 0 Å². The molecule has 1 N–H and O–H groups in total. The number of hydrogen-bond donors (Lipinski definition) is 1. The van der Waals surface area contributed by atoms with E-state index in [2.05, 4.69) is 5.32 Å². The van der Waals surface area contributed by atoms with Gasteiger partial charge in [-0.2, -0.15) is 0 Å². The van der Waals surface area contributed by atoms with Gasteiger partial charge in [0.2, 0.25) is 11.0 Å². The average Bonchev–Trinajstić information content (AvgIpc) is 2.85.